The minimum Gasteiger partial charge on any atom is -0.341 e. The van der Waals surface area contributed by atoms with Gasteiger partial charge in [-0.05, 0) is 42.7 Å². The Labute approximate surface area is 168 Å². The van der Waals surface area contributed by atoms with Crippen molar-refractivity contribution in [2.24, 2.45) is 0 Å². The molecule has 1 unspecified atom stereocenters. The lowest BCUT2D eigenvalue weighted by atomic mass is 9.94. The van der Waals surface area contributed by atoms with E-state index in [0.29, 0.717) is 22.5 Å². The minimum atomic E-state index is -0.178. The van der Waals surface area contributed by atoms with Gasteiger partial charge < -0.3 is 4.90 Å². The number of fused-ring (bicyclic) bond motifs is 1. The number of hydrogen-bond donors (Lipinski definition) is 0. The van der Waals surface area contributed by atoms with Crippen molar-refractivity contribution in [2.45, 2.75) is 31.7 Å². The van der Waals surface area contributed by atoms with E-state index >= 15 is 0 Å². The van der Waals surface area contributed by atoms with Crippen LogP contribution in [0.5, 0.6) is 0 Å². The summed E-state index contributed by atoms with van der Waals surface area (Å²) in [5, 5.41) is 1.25. The lowest BCUT2D eigenvalue weighted by molar-refractivity contribution is -0.132. The molecular weight excluding hydrogens is 374 g/mol. The quantitative estimate of drug-likeness (QED) is 0.676. The lowest BCUT2D eigenvalue weighted by Crippen LogP contribution is -2.38. The van der Waals surface area contributed by atoms with Crippen LogP contribution in [0.25, 0.3) is 10.9 Å². The number of amides is 1. The fourth-order valence-corrected chi connectivity index (χ4v) is 3.97. The molecule has 1 atom stereocenters. The second kappa shape index (κ2) is 8.15. The number of halogens is 1. The molecule has 144 valence electrons. The number of para-hydroxylation sites is 1. The molecule has 3 aromatic rings. The molecule has 1 saturated heterocycles. The van der Waals surface area contributed by atoms with Gasteiger partial charge in [0.2, 0.25) is 5.91 Å². The standard InChI is InChI=1S/C22H22ClN3O2/c23-18-10-8-16(9-11-18)17-5-3-4-12-25(13-17)21(27)14-26-15-24-20-7-2-1-6-19(20)22(26)28/h1-2,6-11,15,17H,3-5,12-14H2. The maximum absolute atomic E-state index is 13.0. The highest BCUT2D eigenvalue weighted by molar-refractivity contribution is 6.30. The average Bonchev–Trinajstić information content (AvgIpc) is 2.97. The predicted octanol–water partition coefficient (Wildman–Crippen LogP) is 3.85. The van der Waals surface area contributed by atoms with Crippen LogP contribution in [0.3, 0.4) is 0 Å². The summed E-state index contributed by atoms with van der Waals surface area (Å²) in [6.45, 7) is 1.40. The number of likely N-dealkylation sites (tertiary alicyclic amines) is 1. The zero-order chi connectivity index (χ0) is 19.5. The number of carbonyl (C=O) groups excluding carboxylic acids is 1. The molecule has 1 fully saturated rings. The highest BCUT2D eigenvalue weighted by Gasteiger charge is 2.23. The average molecular weight is 396 g/mol. The number of hydrogen-bond acceptors (Lipinski definition) is 3. The summed E-state index contributed by atoms with van der Waals surface area (Å²) in [6.07, 6.45) is 4.56. The highest BCUT2D eigenvalue weighted by Crippen LogP contribution is 2.27. The molecule has 4 rings (SSSR count). The SMILES string of the molecule is O=C(Cn1cnc2ccccc2c1=O)N1CCCCC(c2ccc(Cl)cc2)C1. The largest absolute Gasteiger partial charge is 0.341 e. The van der Waals surface area contributed by atoms with Crippen LogP contribution in [0.2, 0.25) is 5.02 Å². The fourth-order valence-electron chi connectivity index (χ4n) is 3.84. The van der Waals surface area contributed by atoms with Gasteiger partial charge in [-0.2, -0.15) is 0 Å². The summed E-state index contributed by atoms with van der Waals surface area (Å²) >= 11 is 6.01. The molecule has 0 spiro atoms. The summed E-state index contributed by atoms with van der Waals surface area (Å²) in [5.41, 5.74) is 1.67. The maximum atomic E-state index is 13.0. The zero-order valence-corrected chi connectivity index (χ0v) is 16.3. The molecular formula is C22H22ClN3O2. The molecule has 0 N–H and O–H groups in total. The van der Waals surface area contributed by atoms with Crippen molar-refractivity contribution in [3.05, 3.63) is 75.8 Å². The van der Waals surface area contributed by atoms with Crippen LogP contribution in [0.15, 0.2) is 59.7 Å². The Morgan fingerprint density at radius 3 is 2.71 bits per heavy atom. The van der Waals surface area contributed by atoms with Gasteiger partial charge in [0.1, 0.15) is 6.54 Å². The molecule has 5 nitrogen and oxygen atoms in total. The third kappa shape index (κ3) is 3.94. The van der Waals surface area contributed by atoms with Gasteiger partial charge in [0.05, 0.1) is 17.2 Å². The first-order valence-corrected chi connectivity index (χ1v) is 9.97. The van der Waals surface area contributed by atoms with Crippen LogP contribution in [0.4, 0.5) is 0 Å². The zero-order valence-electron chi connectivity index (χ0n) is 15.6. The van der Waals surface area contributed by atoms with Crippen molar-refractivity contribution in [3.8, 4) is 0 Å². The van der Waals surface area contributed by atoms with Gasteiger partial charge in [-0.1, -0.05) is 42.3 Å². The van der Waals surface area contributed by atoms with Crippen molar-refractivity contribution >= 4 is 28.4 Å². The number of benzene rings is 2. The molecule has 1 aliphatic rings. The Hall–Kier alpha value is -2.66. The van der Waals surface area contributed by atoms with Crippen molar-refractivity contribution in [2.75, 3.05) is 13.1 Å². The van der Waals surface area contributed by atoms with E-state index < -0.39 is 0 Å². The van der Waals surface area contributed by atoms with Crippen molar-refractivity contribution in [1.29, 1.82) is 0 Å². The first kappa shape index (κ1) is 18.7. The van der Waals surface area contributed by atoms with E-state index in [1.807, 2.05) is 41.3 Å². The Kier molecular flexibility index (Phi) is 5.44. The molecule has 1 amide bonds. The molecule has 2 aromatic carbocycles. The van der Waals surface area contributed by atoms with E-state index in [0.717, 1.165) is 25.8 Å². The molecule has 0 aliphatic carbocycles. The van der Waals surface area contributed by atoms with E-state index in [-0.39, 0.29) is 23.9 Å². The smallest absolute Gasteiger partial charge is 0.261 e. The van der Waals surface area contributed by atoms with Gasteiger partial charge in [0.15, 0.2) is 0 Å². The number of nitrogens with zero attached hydrogens (tertiary/aromatic N) is 3. The molecule has 28 heavy (non-hydrogen) atoms. The Morgan fingerprint density at radius 2 is 1.89 bits per heavy atom. The summed E-state index contributed by atoms with van der Waals surface area (Å²) in [7, 11) is 0. The number of carbonyl (C=O) groups is 1. The second-order valence-corrected chi connectivity index (χ2v) is 7.72. The third-order valence-electron chi connectivity index (χ3n) is 5.40. The third-order valence-corrected chi connectivity index (χ3v) is 5.65. The molecule has 1 aliphatic heterocycles. The Bertz CT molecular complexity index is 1050. The molecule has 0 saturated carbocycles. The van der Waals surface area contributed by atoms with Gasteiger partial charge in [-0.3, -0.25) is 14.2 Å². The van der Waals surface area contributed by atoms with Crippen LogP contribution in [-0.2, 0) is 11.3 Å². The van der Waals surface area contributed by atoms with E-state index in [2.05, 4.69) is 4.98 Å². The van der Waals surface area contributed by atoms with Crippen LogP contribution < -0.4 is 5.56 Å². The molecule has 1 aromatic heterocycles. The van der Waals surface area contributed by atoms with Gasteiger partial charge in [-0.25, -0.2) is 4.98 Å². The van der Waals surface area contributed by atoms with Crippen LogP contribution in [0, 0.1) is 0 Å². The summed E-state index contributed by atoms with van der Waals surface area (Å²) in [4.78, 5) is 31.8. The Balaban J connectivity index is 1.53. The van der Waals surface area contributed by atoms with E-state index in [1.165, 1.54) is 16.5 Å². The number of rotatable bonds is 3. The van der Waals surface area contributed by atoms with E-state index in [4.69, 9.17) is 11.6 Å². The molecule has 6 heteroatoms. The van der Waals surface area contributed by atoms with E-state index in [9.17, 15) is 9.59 Å². The fraction of sp³-hybridized carbons (Fsp3) is 0.318. The van der Waals surface area contributed by atoms with Crippen molar-refractivity contribution in [3.63, 3.8) is 0 Å². The predicted molar refractivity (Wildman–Crippen MR) is 111 cm³/mol. The van der Waals surface area contributed by atoms with Crippen molar-refractivity contribution in [1.82, 2.24) is 14.5 Å². The molecule has 0 bridgehead atoms. The van der Waals surface area contributed by atoms with Gasteiger partial charge in [0, 0.05) is 24.0 Å². The van der Waals surface area contributed by atoms with Crippen LogP contribution in [0.1, 0.15) is 30.7 Å². The summed E-state index contributed by atoms with van der Waals surface area (Å²) in [5.74, 6) is 0.246. The van der Waals surface area contributed by atoms with Gasteiger partial charge in [-0.15, -0.1) is 0 Å². The van der Waals surface area contributed by atoms with Gasteiger partial charge >= 0.3 is 0 Å². The van der Waals surface area contributed by atoms with Gasteiger partial charge in [0.25, 0.3) is 5.56 Å². The monoisotopic (exact) mass is 395 g/mol. The normalized spacial score (nSPS) is 17.5. The van der Waals surface area contributed by atoms with Crippen molar-refractivity contribution < 1.29 is 4.79 Å². The first-order valence-electron chi connectivity index (χ1n) is 9.59. The Morgan fingerprint density at radius 1 is 1.11 bits per heavy atom. The topological polar surface area (TPSA) is 55.2 Å². The van der Waals surface area contributed by atoms with E-state index in [1.54, 1.807) is 12.1 Å². The first-order chi connectivity index (χ1) is 13.6. The molecule has 0 radical (unpaired) electrons. The maximum Gasteiger partial charge on any atom is 0.261 e. The second-order valence-electron chi connectivity index (χ2n) is 7.28. The summed E-state index contributed by atoms with van der Waals surface area (Å²) in [6, 6.07) is 15.1. The highest BCUT2D eigenvalue weighted by atomic mass is 35.5. The lowest BCUT2D eigenvalue weighted by Gasteiger charge is -2.25. The number of aromatic nitrogens is 2. The van der Waals surface area contributed by atoms with Crippen LogP contribution >= 0.6 is 11.6 Å². The molecule has 2 heterocycles. The minimum absolute atomic E-state index is 0.0179. The van der Waals surface area contributed by atoms with Crippen LogP contribution in [-0.4, -0.2) is 33.4 Å². The summed E-state index contributed by atoms with van der Waals surface area (Å²) < 4.78 is 1.41.